The van der Waals surface area contributed by atoms with Gasteiger partial charge in [-0.3, -0.25) is 9.59 Å². The van der Waals surface area contributed by atoms with Crippen molar-refractivity contribution in [2.45, 2.75) is 26.2 Å². The molecule has 1 amide bonds. The molecule has 0 unspecified atom stereocenters. The first-order valence-electron chi connectivity index (χ1n) is 8.57. The molecule has 1 aliphatic rings. The van der Waals surface area contributed by atoms with Crippen LogP contribution in [0.2, 0.25) is 0 Å². The normalized spacial score (nSPS) is 13.3. The number of pyridine rings is 1. The van der Waals surface area contributed by atoms with Crippen LogP contribution >= 0.6 is 0 Å². The van der Waals surface area contributed by atoms with Crippen LogP contribution in [0.4, 0.5) is 5.82 Å². The third-order valence-electron chi connectivity index (χ3n) is 4.54. The minimum atomic E-state index is -0.278. The number of anilines is 1. The lowest BCUT2D eigenvalue weighted by atomic mass is 9.95. The number of ketones is 1. The second kappa shape index (κ2) is 6.55. The van der Waals surface area contributed by atoms with Crippen molar-refractivity contribution >= 4 is 17.5 Å². The fraction of sp³-hybridized carbons (Fsp3) is 0.200. The molecule has 2 heterocycles. The van der Waals surface area contributed by atoms with Crippen molar-refractivity contribution in [3.8, 4) is 5.69 Å². The number of hydrogen-bond donors (Lipinski definition) is 1. The molecule has 0 fully saturated rings. The number of nitrogens with one attached hydrogen (secondary N) is 1. The number of hydrogen-bond acceptors (Lipinski definition) is 4. The van der Waals surface area contributed by atoms with Crippen molar-refractivity contribution in [3.63, 3.8) is 0 Å². The number of carbonyl (C=O) groups is 2. The molecule has 0 saturated heterocycles. The predicted molar refractivity (Wildman–Crippen MR) is 97.8 cm³/mol. The van der Waals surface area contributed by atoms with E-state index in [1.54, 1.807) is 23.0 Å². The number of benzene rings is 1. The van der Waals surface area contributed by atoms with Gasteiger partial charge in [-0.25, -0.2) is 9.67 Å². The van der Waals surface area contributed by atoms with Crippen molar-refractivity contribution in [1.29, 1.82) is 0 Å². The fourth-order valence-corrected chi connectivity index (χ4v) is 3.15. The largest absolute Gasteiger partial charge is 0.306 e. The zero-order chi connectivity index (χ0) is 18.1. The molecule has 0 aliphatic heterocycles. The van der Waals surface area contributed by atoms with Crippen molar-refractivity contribution in [2.75, 3.05) is 5.32 Å². The smallest absolute Gasteiger partial charge is 0.260 e. The monoisotopic (exact) mass is 346 g/mol. The molecule has 0 spiro atoms. The van der Waals surface area contributed by atoms with E-state index >= 15 is 0 Å². The molecule has 1 aromatic carbocycles. The Morgan fingerprint density at radius 1 is 1.15 bits per heavy atom. The van der Waals surface area contributed by atoms with Gasteiger partial charge in [0.1, 0.15) is 5.82 Å². The Hall–Kier alpha value is -3.28. The van der Waals surface area contributed by atoms with E-state index in [9.17, 15) is 9.59 Å². The van der Waals surface area contributed by atoms with Gasteiger partial charge in [-0.05, 0) is 43.5 Å². The van der Waals surface area contributed by atoms with Gasteiger partial charge in [-0.15, -0.1) is 0 Å². The number of carbonyl (C=O) groups excluding carboxylic acids is 2. The molecule has 0 atom stereocenters. The molecule has 0 radical (unpaired) electrons. The van der Waals surface area contributed by atoms with Crippen LogP contribution in [-0.2, 0) is 6.42 Å². The first-order chi connectivity index (χ1) is 12.6. The van der Waals surface area contributed by atoms with Gasteiger partial charge in [0, 0.05) is 18.2 Å². The summed E-state index contributed by atoms with van der Waals surface area (Å²) in [5, 5.41) is 7.07. The molecule has 1 N–H and O–H groups in total. The van der Waals surface area contributed by atoms with E-state index in [0.29, 0.717) is 23.4 Å². The van der Waals surface area contributed by atoms with E-state index in [4.69, 9.17) is 0 Å². The molecule has 6 nitrogen and oxygen atoms in total. The zero-order valence-corrected chi connectivity index (χ0v) is 14.4. The van der Waals surface area contributed by atoms with Crippen molar-refractivity contribution in [3.05, 3.63) is 71.2 Å². The topological polar surface area (TPSA) is 76.9 Å². The first-order valence-corrected chi connectivity index (χ1v) is 8.57. The summed E-state index contributed by atoms with van der Waals surface area (Å²) in [4.78, 5) is 28.8. The summed E-state index contributed by atoms with van der Waals surface area (Å²) >= 11 is 0. The maximum atomic E-state index is 12.5. The third-order valence-corrected chi connectivity index (χ3v) is 4.54. The molecule has 26 heavy (non-hydrogen) atoms. The molecule has 0 saturated carbocycles. The van der Waals surface area contributed by atoms with Gasteiger partial charge in [0.15, 0.2) is 5.78 Å². The van der Waals surface area contributed by atoms with Crippen molar-refractivity contribution in [1.82, 2.24) is 14.8 Å². The minimum absolute atomic E-state index is 0.121. The van der Waals surface area contributed by atoms with E-state index in [-0.39, 0.29) is 11.7 Å². The summed E-state index contributed by atoms with van der Waals surface area (Å²) in [6.45, 7) is 2.00. The highest BCUT2D eigenvalue weighted by Gasteiger charge is 2.19. The van der Waals surface area contributed by atoms with Gasteiger partial charge < -0.3 is 5.32 Å². The standard InChI is InChI=1S/C20H18N4O2/c1-13-5-2-3-7-17(13)24-12-14(11-21-24)20(26)23-19-10-9-15-16(22-19)6-4-8-18(15)25/h2-3,5,7,9-12H,4,6,8H2,1H3,(H,22,23,26). The zero-order valence-electron chi connectivity index (χ0n) is 14.4. The number of Topliss-reactive ketones (excluding diaryl/α,β-unsaturated/α-hetero) is 1. The quantitative estimate of drug-likeness (QED) is 0.789. The number of aromatic nitrogens is 3. The molecular weight excluding hydrogens is 328 g/mol. The summed E-state index contributed by atoms with van der Waals surface area (Å²) in [5.41, 5.74) is 3.88. The molecule has 3 aromatic rings. The number of rotatable bonds is 3. The highest BCUT2D eigenvalue weighted by Crippen LogP contribution is 2.21. The Kier molecular flexibility index (Phi) is 4.08. The lowest BCUT2D eigenvalue weighted by molar-refractivity contribution is 0.0971. The van der Waals surface area contributed by atoms with Gasteiger partial charge in [-0.2, -0.15) is 5.10 Å². The number of fused-ring (bicyclic) bond motifs is 1. The molecule has 6 heteroatoms. The summed E-state index contributed by atoms with van der Waals surface area (Å²) in [7, 11) is 0. The molecule has 2 aromatic heterocycles. The van der Waals surface area contributed by atoms with E-state index < -0.39 is 0 Å². The Bertz CT molecular complexity index is 1010. The molecule has 1 aliphatic carbocycles. The van der Waals surface area contributed by atoms with Crippen LogP contribution in [0.25, 0.3) is 5.69 Å². The minimum Gasteiger partial charge on any atom is -0.306 e. The number of para-hydroxylation sites is 1. The average molecular weight is 346 g/mol. The van der Waals surface area contributed by atoms with Crippen molar-refractivity contribution in [2.24, 2.45) is 0 Å². The Labute approximate surface area is 150 Å². The second-order valence-corrected chi connectivity index (χ2v) is 6.38. The Morgan fingerprint density at radius 2 is 2.00 bits per heavy atom. The lowest BCUT2D eigenvalue weighted by Crippen LogP contribution is -2.16. The number of nitrogens with zero attached hydrogens (tertiary/aromatic N) is 3. The van der Waals surface area contributed by atoms with E-state index in [0.717, 1.165) is 29.8 Å². The summed E-state index contributed by atoms with van der Waals surface area (Å²) in [5.74, 6) is 0.294. The highest BCUT2D eigenvalue weighted by atomic mass is 16.1. The lowest BCUT2D eigenvalue weighted by Gasteiger charge is -2.14. The van der Waals surface area contributed by atoms with Crippen LogP contribution < -0.4 is 5.32 Å². The van der Waals surface area contributed by atoms with Gasteiger partial charge >= 0.3 is 0 Å². The average Bonchev–Trinajstić information content (AvgIpc) is 3.12. The van der Waals surface area contributed by atoms with E-state index in [1.165, 1.54) is 6.20 Å². The van der Waals surface area contributed by atoms with Gasteiger partial charge in [-0.1, -0.05) is 18.2 Å². The predicted octanol–water partition coefficient (Wildman–Crippen LogP) is 3.35. The second-order valence-electron chi connectivity index (χ2n) is 6.38. The van der Waals surface area contributed by atoms with E-state index in [1.807, 2.05) is 31.2 Å². The Morgan fingerprint density at radius 3 is 2.85 bits per heavy atom. The van der Waals surface area contributed by atoms with Crippen LogP contribution in [0, 0.1) is 6.92 Å². The van der Waals surface area contributed by atoms with Crippen LogP contribution in [0.1, 0.15) is 44.8 Å². The van der Waals surface area contributed by atoms with Crippen molar-refractivity contribution < 1.29 is 9.59 Å². The molecule has 4 rings (SSSR count). The van der Waals surface area contributed by atoms with Crippen LogP contribution in [0.5, 0.6) is 0 Å². The fourth-order valence-electron chi connectivity index (χ4n) is 3.15. The van der Waals surface area contributed by atoms with Crippen LogP contribution in [0.3, 0.4) is 0 Å². The number of amides is 1. The Balaban J connectivity index is 1.54. The maximum Gasteiger partial charge on any atom is 0.260 e. The summed E-state index contributed by atoms with van der Waals surface area (Å²) in [6.07, 6.45) is 5.36. The van der Waals surface area contributed by atoms with Gasteiger partial charge in [0.2, 0.25) is 0 Å². The SMILES string of the molecule is Cc1ccccc1-n1cc(C(=O)Nc2ccc3c(n2)CCCC3=O)cn1. The molecule has 0 bridgehead atoms. The van der Waals surface area contributed by atoms with Crippen LogP contribution in [0.15, 0.2) is 48.8 Å². The summed E-state index contributed by atoms with van der Waals surface area (Å²) in [6, 6.07) is 11.3. The van der Waals surface area contributed by atoms with E-state index in [2.05, 4.69) is 15.4 Å². The maximum absolute atomic E-state index is 12.5. The highest BCUT2D eigenvalue weighted by molar-refractivity contribution is 6.04. The number of aryl methyl sites for hydroxylation is 2. The van der Waals surface area contributed by atoms with Gasteiger partial charge in [0.25, 0.3) is 5.91 Å². The van der Waals surface area contributed by atoms with Gasteiger partial charge in [0.05, 0.1) is 23.1 Å². The molecular formula is C20H18N4O2. The third kappa shape index (κ3) is 3.01. The first kappa shape index (κ1) is 16.2. The molecule has 130 valence electrons. The van der Waals surface area contributed by atoms with Crippen LogP contribution in [-0.4, -0.2) is 26.5 Å². The summed E-state index contributed by atoms with van der Waals surface area (Å²) < 4.78 is 1.68.